The van der Waals surface area contributed by atoms with E-state index >= 15 is 0 Å². The first-order valence-electron chi connectivity index (χ1n) is 14.9. The molecule has 0 unspecified atom stereocenters. The number of para-hydroxylation sites is 2. The maximum absolute atomic E-state index is 11.9. The fraction of sp³-hybridized carbons (Fsp3) is 0.214. The van der Waals surface area contributed by atoms with Crippen molar-refractivity contribution in [1.82, 2.24) is 39.9 Å². The van der Waals surface area contributed by atoms with Gasteiger partial charge in [-0.2, -0.15) is 38.3 Å². The highest BCUT2D eigenvalue weighted by Gasteiger charge is 2.17. The average molecular weight is 757 g/mol. The Morgan fingerprint density at radius 3 is 1.62 bits per heavy atom. The van der Waals surface area contributed by atoms with E-state index in [9.17, 15) is 13.0 Å². The van der Waals surface area contributed by atoms with Crippen molar-refractivity contribution in [3.63, 3.8) is 0 Å². The molecule has 0 saturated heterocycles. The molecule has 8 N–H and O–H groups in total. The van der Waals surface area contributed by atoms with E-state index < -0.39 is 10.1 Å². The summed E-state index contributed by atoms with van der Waals surface area (Å²) in [5, 5.41) is 30.2. The van der Waals surface area contributed by atoms with Crippen molar-refractivity contribution < 1.29 is 37.1 Å². The molecule has 0 saturated carbocycles. The Morgan fingerprint density at radius 1 is 0.654 bits per heavy atom. The molecule has 0 radical (unpaired) electrons. The van der Waals surface area contributed by atoms with Gasteiger partial charge in [0.2, 0.25) is 35.7 Å². The van der Waals surface area contributed by atoms with Gasteiger partial charge in [0.25, 0.3) is 10.1 Å². The molecule has 5 rings (SSSR count). The molecule has 0 aliphatic carbocycles. The quantitative estimate of drug-likeness (QED) is 0.0185. The van der Waals surface area contributed by atoms with Crippen LogP contribution in [0, 0.1) is 0 Å². The Morgan fingerprint density at radius 2 is 1.12 bits per heavy atom. The number of nitrogens with zero attached hydrogens (tertiary/aromatic N) is 8. The molecule has 0 fully saturated rings. The van der Waals surface area contributed by atoms with E-state index in [0.29, 0.717) is 36.9 Å². The van der Waals surface area contributed by atoms with E-state index in [1.165, 1.54) is 30.6 Å². The minimum atomic E-state index is -4.54. The molecule has 22 nitrogen and oxygen atoms in total. The number of methoxy groups -OCH3 is 2. The van der Waals surface area contributed by atoms with Crippen LogP contribution in [0.2, 0.25) is 0 Å². The molecule has 0 bridgehead atoms. The van der Waals surface area contributed by atoms with Crippen molar-refractivity contribution in [2.45, 2.75) is 9.79 Å². The first-order chi connectivity index (χ1) is 25.2. The Bertz CT molecular complexity index is 2030. The van der Waals surface area contributed by atoms with Gasteiger partial charge in [-0.25, -0.2) is 15.2 Å². The largest absolute Gasteiger partial charge is 0.383 e. The lowest BCUT2D eigenvalue weighted by atomic mass is 10.3. The van der Waals surface area contributed by atoms with Gasteiger partial charge >= 0.3 is 0 Å². The van der Waals surface area contributed by atoms with Crippen LogP contribution in [-0.4, -0.2) is 98.6 Å². The standard InChI is InChI=1S/C28H32N14O8S2/c1-47-13-11-29-23-37-25(33-17-7-3-5-9-19(17)51-50-49-43)41-27(39-23)35-21-15-32-22(16-31-21)36-28-40-24(30-12-14-48-2)38-26(42-28)34-18-8-4-6-10-20(18)52(44,45)46/h3-10,15-16,43H,11-14H2,1-2H3,(H,44,45,46)(H3,29,31,33,35,37,39,41)(H3,30,32,34,36,38,40,42). The zero-order valence-corrected chi connectivity index (χ0v) is 29.0. The van der Waals surface area contributed by atoms with Crippen LogP contribution in [0.1, 0.15) is 0 Å². The molecule has 0 atom stereocenters. The molecule has 0 spiro atoms. The fourth-order valence-corrected chi connectivity index (χ4v) is 5.17. The van der Waals surface area contributed by atoms with Crippen LogP contribution in [0.15, 0.2) is 70.7 Å². The number of rotatable bonds is 20. The van der Waals surface area contributed by atoms with Crippen LogP contribution in [0.25, 0.3) is 0 Å². The molecule has 5 aromatic rings. The number of aromatic nitrogens is 8. The summed E-state index contributed by atoms with van der Waals surface area (Å²) < 4.78 is 48.2. The summed E-state index contributed by atoms with van der Waals surface area (Å²) in [6, 6.07) is 12.8. The maximum Gasteiger partial charge on any atom is 0.296 e. The van der Waals surface area contributed by atoms with Gasteiger partial charge in [0.15, 0.2) is 11.6 Å². The molecule has 0 amide bonds. The van der Waals surface area contributed by atoms with Crippen LogP contribution in [0.3, 0.4) is 0 Å². The summed E-state index contributed by atoms with van der Waals surface area (Å²) in [6.45, 7) is 1.53. The lowest BCUT2D eigenvalue weighted by molar-refractivity contribution is -0.432. The summed E-state index contributed by atoms with van der Waals surface area (Å²) in [7, 11) is -1.43. The first-order valence-corrected chi connectivity index (χ1v) is 17.1. The van der Waals surface area contributed by atoms with Crippen molar-refractivity contribution in [2.75, 3.05) is 72.4 Å². The molecule has 3 aromatic heterocycles. The van der Waals surface area contributed by atoms with Crippen LogP contribution in [0.4, 0.5) is 58.7 Å². The Kier molecular flexibility index (Phi) is 13.5. The Hall–Kier alpha value is -5.60. The number of nitrogens with one attached hydrogen (secondary N) is 6. The van der Waals surface area contributed by atoms with E-state index in [4.69, 9.17) is 14.7 Å². The van der Waals surface area contributed by atoms with Gasteiger partial charge in [0, 0.05) is 27.3 Å². The lowest BCUT2D eigenvalue weighted by Crippen LogP contribution is -2.14. The van der Waals surface area contributed by atoms with Crippen molar-refractivity contribution in [1.29, 1.82) is 0 Å². The molecule has 24 heteroatoms. The predicted molar refractivity (Wildman–Crippen MR) is 189 cm³/mol. The summed E-state index contributed by atoms with van der Waals surface area (Å²) in [6.07, 6.45) is 2.82. The molecule has 274 valence electrons. The van der Waals surface area contributed by atoms with Gasteiger partial charge in [-0.05, 0) is 24.3 Å². The Labute approximate surface area is 300 Å². The molecule has 0 aliphatic heterocycles. The van der Waals surface area contributed by atoms with E-state index in [-0.39, 0.29) is 57.9 Å². The number of ether oxygens (including phenoxy) is 2. The lowest BCUT2D eigenvalue weighted by Gasteiger charge is -2.13. The highest BCUT2D eigenvalue weighted by Crippen LogP contribution is 2.30. The van der Waals surface area contributed by atoms with Gasteiger partial charge < -0.3 is 41.4 Å². The highest BCUT2D eigenvalue weighted by molar-refractivity contribution is 7.94. The maximum atomic E-state index is 11.9. The second-order valence-electron chi connectivity index (χ2n) is 9.93. The molecule has 3 heterocycles. The smallest absolute Gasteiger partial charge is 0.296 e. The van der Waals surface area contributed by atoms with Gasteiger partial charge in [-0.3, -0.25) is 4.55 Å². The molecular weight excluding hydrogens is 725 g/mol. The minimum Gasteiger partial charge on any atom is -0.383 e. The molecule has 0 aliphatic rings. The predicted octanol–water partition coefficient (Wildman–Crippen LogP) is 3.61. The fourth-order valence-electron chi connectivity index (χ4n) is 4.08. The second kappa shape index (κ2) is 18.6. The van der Waals surface area contributed by atoms with Crippen molar-refractivity contribution in [2.24, 2.45) is 0 Å². The van der Waals surface area contributed by atoms with E-state index in [1.54, 1.807) is 44.6 Å². The third-order valence-corrected chi connectivity index (χ3v) is 7.86. The first kappa shape index (κ1) is 37.7. The number of benzene rings is 2. The van der Waals surface area contributed by atoms with Crippen LogP contribution < -0.4 is 31.9 Å². The van der Waals surface area contributed by atoms with Crippen LogP contribution in [-0.2, 0) is 29.0 Å². The zero-order valence-electron chi connectivity index (χ0n) is 27.3. The van der Waals surface area contributed by atoms with Crippen LogP contribution in [0.5, 0.6) is 0 Å². The summed E-state index contributed by atoms with van der Waals surface area (Å²) >= 11 is 0.770. The normalized spacial score (nSPS) is 11.2. The van der Waals surface area contributed by atoms with Crippen molar-refractivity contribution >= 4 is 80.9 Å². The average Bonchev–Trinajstić information content (AvgIpc) is 3.12. The van der Waals surface area contributed by atoms with Crippen molar-refractivity contribution in [3.8, 4) is 0 Å². The highest BCUT2D eigenvalue weighted by atomic mass is 32.2. The summed E-state index contributed by atoms with van der Waals surface area (Å²) in [5.74, 6) is 1.17. The third-order valence-electron chi connectivity index (χ3n) is 6.28. The van der Waals surface area contributed by atoms with Gasteiger partial charge in [-0.15, -0.1) is 4.33 Å². The zero-order chi connectivity index (χ0) is 36.8. The number of hydrogen-bond acceptors (Lipinski definition) is 22. The minimum absolute atomic E-state index is 0.0334. The van der Waals surface area contributed by atoms with E-state index in [2.05, 4.69) is 81.1 Å². The second-order valence-corrected chi connectivity index (χ2v) is 12.1. The molecule has 2 aromatic carbocycles. The SMILES string of the molecule is COCCNc1nc(Nc2cnc(Nc3nc(NCCOC)nc(Nc4ccccc4S(=O)(=O)O)n3)cn2)nc(Nc2ccccc2SOOO)n1. The molecule has 52 heavy (non-hydrogen) atoms. The topological polar surface area (TPSA) is 287 Å². The van der Waals surface area contributed by atoms with Crippen molar-refractivity contribution in [3.05, 3.63) is 60.9 Å². The van der Waals surface area contributed by atoms with E-state index in [0.717, 1.165) is 12.0 Å². The number of anilines is 10. The number of hydrogen-bond donors (Lipinski definition) is 8. The van der Waals surface area contributed by atoms with Gasteiger partial charge in [0.05, 0.1) is 53.9 Å². The Balaban J connectivity index is 1.35. The van der Waals surface area contributed by atoms with E-state index in [1.807, 2.05) is 0 Å². The summed E-state index contributed by atoms with van der Waals surface area (Å²) in [5.41, 5.74) is 0.596. The monoisotopic (exact) mass is 756 g/mol. The summed E-state index contributed by atoms with van der Waals surface area (Å²) in [4.78, 5) is 35.1. The van der Waals surface area contributed by atoms with Crippen LogP contribution >= 0.6 is 12.0 Å². The third kappa shape index (κ3) is 11.2. The van der Waals surface area contributed by atoms with Gasteiger partial charge in [0.1, 0.15) is 4.90 Å². The molecular formula is C28H32N14O8S2. The van der Waals surface area contributed by atoms with Gasteiger partial charge in [-0.1, -0.05) is 29.3 Å².